The summed E-state index contributed by atoms with van der Waals surface area (Å²) in [7, 11) is 0. The molecule has 1 aromatic carbocycles. The van der Waals surface area contributed by atoms with Gasteiger partial charge in [-0.1, -0.05) is 18.2 Å². The fourth-order valence-electron chi connectivity index (χ4n) is 1.12. The van der Waals surface area contributed by atoms with Crippen molar-refractivity contribution in [1.29, 1.82) is 0 Å². The van der Waals surface area contributed by atoms with Crippen LogP contribution in [0.4, 0.5) is 18.9 Å². The predicted octanol–water partition coefficient (Wildman–Crippen LogP) is 1.71. The number of rotatable bonds is 4. The Morgan fingerprint density at radius 1 is 1.25 bits per heavy atom. The maximum absolute atomic E-state index is 11.8. The van der Waals surface area contributed by atoms with E-state index in [0.29, 0.717) is 5.69 Å². The maximum Gasteiger partial charge on any atom is 0.405 e. The Balaban J connectivity index is 0.00000361. The zero-order valence-corrected chi connectivity index (χ0v) is 12.6. The minimum Gasteiger partial charge on any atom is -0.370 e. The molecule has 0 bridgehead atoms. The van der Waals surface area contributed by atoms with Gasteiger partial charge in [-0.3, -0.25) is 4.79 Å². The Bertz CT molecular complexity index is 451. The van der Waals surface area contributed by atoms with Crippen LogP contribution in [0.3, 0.4) is 0 Å². The van der Waals surface area contributed by atoms with Crippen LogP contribution in [-0.2, 0) is 4.79 Å². The molecule has 0 aliphatic heterocycles. The van der Waals surface area contributed by atoms with E-state index in [4.69, 9.17) is 5.73 Å². The van der Waals surface area contributed by atoms with Gasteiger partial charge < -0.3 is 16.4 Å². The van der Waals surface area contributed by atoms with Gasteiger partial charge in [-0.05, 0) is 12.1 Å². The number of nitrogens with zero attached hydrogens (tertiary/aromatic N) is 1. The van der Waals surface area contributed by atoms with Gasteiger partial charge in [0.2, 0.25) is 5.91 Å². The molecule has 0 spiro atoms. The van der Waals surface area contributed by atoms with Crippen molar-refractivity contribution < 1.29 is 18.0 Å². The van der Waals surface area contributed by atoms with Gasteiger partial charge in [0.05, 0.1) is 0 Å². The van der Waals surface area contributed by atoms with Gasteiger partial charge in [-0.25, -0.2) is 4.99 Å². The molecule has 0 aromatic heterocycles. The molecular formula is C11H14F3IN4O. The van der Waals surface area contributed by atoms with E-state index < -0.39 is 25.2 Å². The van der Waals surface area contributed by atoms with Crippen LogP contribution in [0.2, 0.25) is 0 Å². The first kappa shape index (κ1) is 18.5. The van der Waals surface area contributed by atoms with Crippen molar-refractivity contribution >= 4 is 41.5 Å². The van der Waals surface area contributed by atoms with Crippen LogP contribution >= 0.6 is 24.0 Å². The van der Waals surface area contributed by atoms with E-state index in [2.05, 4.69) is 10.3 Å². The molecule has 0 aliphatic carbocycles. The third-order valence-electron chi connectivity index (χ3n) is 1.93. The van der Waals surface area contributed by atoms with Crippen molar-refractivity contribution in [1.82, 2.24) is 5.32 Å². The van der Waals surface area contributed by atoms with Crippen LogP contribution in [0.15, 0.2) is 35.3 Å². The molecule has 0 aliphatic rings. The van der Waals surface area contributed by atoms with Crippen molar-refractivity contribution in [2.24, 2.45) is 10.7 Å². The molecular weight excluding hydrogens is 388 g/mol. The predicted molar refractivity (Wildman–Crippen MR) is 81.0 cm³/mol. The summed E-state index contributed by atoms with van der Waals surface area (Å²) in [5.41, 5.74) is 6.14. The number of hydrogen-bond donors (Lipinski definition) is 3. The van der Waals surface area contributed by atoms with Crippen LogP contribution in [0.1, 0.15) is 0 Å². The fourth-order valence-corrected chi connectivity index (χ4v) is 1.12. The second kappa shape index (κ2) is 8.61. The van der Waals surface area contributed by atoms with Crippen molar-refractivity contribution in [3.8, 4) is 0 Å². The number of guanidine groups is 1. The van der Waals surface area contributed by atoms with Crippen molar-refractivity contribution in [3.05, 3.63) is 30.3 Å². The standard InChI is InChI=1S/C11H13F3N4O.HI/c12-11(13,14)7-17-9(19)6-16-10(15)18-8-4-2-1-3-5-8;/h1-5H,6-7H2,(H,17,19)(H3,15,16,18);1H. The molecule has 0 saturated heterocycles. The average Bonchev–Trinajstić information content (AvgIpc) is 2.34. The topological polar surface area (TPSA) is 79.5 Å². The molecule has 1 aromatic rings. The second-order valence-corrected chi connectivity index (χ2v) is 3.58. The number of nitrogens with one attached hydrogen (secondary N) is 2. The Hall–Kier alpha value is -1.52. The normalized spacial score (nSPS) is 11.4. The number of amides is 1. The minimum absolute atomic E-state index is 0. The molecule has 0 radical (unpaired) electrons. The van der Waals surface area contributed by atoms with Crippen molar-refractivity contribution in [3.63, 3.8) is 0 Å². The van der Waals surface area contributed by atoms with E-state index in [1.807, 2.05) is 6.07 Å². The van der Waals surface area contributed by atoms with Gasteiger partial charge in [-0.2, -0.15) is 13.2 Å². The summed E-state index contributed by atoms with van der Waals surface area (Å²) >= 11 is 0. The fraction of sp³-hybridized carbons (Fsp3) is 0.273. The Morgan fingerprint density at radius 3 is 2.40 bits per heavy atom. The third kappa shape index (κ3) is 8.56. The highest BCUT2D eigenvalue weighted by Gasteiger charge is 2.27. The Morgan fingerprint density at radius 2 is 1.85 bits per heavy atom. The highest BCUT2D eigenvalue weighted by molar-refractivity contribution is 14.0. The first-order valence-corrected chi connectivity index (χ1v) is 5.32. The summed E-state index contributed by atoms with van der Waals surface area (Å²) in [6, 6.07) is 8.80. The second-order valence-electron chi connectivity index (χ2n) is 3.58. The Labute approximate surface area is 130 Å². The van der Waals surface area contributed by atoms with Crippen LogP contribution in [-0.4, -0.2) is 31.1 Å². The number of anilines is 1. The zero-order valence-electron chi connectivity index (χ0n) is 10.3. The van der Waals surface area contributed by atoms with Crippen LogP contribution in [0.5, 0.6) is 0 Å². The highest BCUT2D eigenvalue weighted by Crippen LogP contribution is 2.11. The van der Waals surface area contributed by atoms with E-state index in [-0.39, 0.29) is 29.9 Å². The van der Waals surface area contributed by atoms with Crippen molar-refractivity contribution in [2.45, 2.75) is 6.18 Å². The number of carbonyl (C=O) groups is 1. The molecule has 1 rings (SSSR count). The maximum atomic E-state index is 11.8. The number of hydrogen-bond acceptors (Lipinski definition) is 2. The number of para-hydroxylation sites is 1. The smallest absolute Gasteiger partial charge is 0.370 e. The molecule has 9 heteroatoms. The summed E-state index contributed by atoms with van der Waals surface area (Å²) in [6.07, 6.45) is -4.44. The lowest BCUT2D eigenvalue weighted by Gasteiger charge is -2.07. The lowest BCUT2D eigenvalue weighted by atomic mass is 10.3. The van der Waals surface area contributed by atoms with Crippen molar-refractivity contribution in [2.75, 3.05) is 18.4 Å². The first-order valence-electron chi connectivity index (χ1n) is 5.32. The van der Waals surface area contributed by atoms with E-state index >= 15 is 0 Å². The first-order chi connectivity index (χ1) is 8.87. The quantitative estimate of drug-likeness (QED) is 0.408. The van der Waals surface area contributed by atoms with Gasteiger partial charge in [0.15, 0.2) is 5.96 Å². The Kier molecular flexibility index (Phi) is 7.96. The molecule has 0 unspecified atom stereocenters. The lowest BCUT2D eigenvalue weighted by molar-refractivity contribution is -0.137. The van der Waals surface area contributed by atoms with E-state index in [0.717, 1.165) is 0 Å². The number of alkyl halides is 3. The lowest BCUT2D eigenvalue weighted by Crippen LogP contribution is -2.35. The number of aliphatic imine (C=N–C) groups is 1. The summed E-state index contributed by atoms with van der Waals surface area (Å²) in [5.74, 6) is -0.900. The van der Waals surface area contributed by atoms with Gasteiger partial charge in [0, 0.05) is 5.69 Å². The van der Waals surface area contributed by atoms with Gasteiger partial charge in [0.1, 0.15) is 13.1 Å². The summed E-state index contributed by atoms with van der Waals surface area (Å²) in [6.45, 7) is -1.85. The van der Waals surface area contributed by atoms with Gasteiger partial charge in [-0.15, -0.1) is 24.0 Å². The van der Waals surface area contributed by atoms with E-state index in [1.165, 1.54) is 0 Å². The van der Waals surface area contributed by atoms with E-state index in [9.17, 15) is 18.0 Å². The monoisotopic (exact) mass is 402 g/mol. The van der Waals surface area contributed by atoms with Crippen LogP contribution in [0, 0.1) is 0 Å². The number of carbonyl (C=O) groups excluding carboxylic acids is 1. The number of benzene rings is 1. The van der Waals surface area contributed by atoms with Gasteiger partial charge in [0.25, 0.3) is 0 Å². The molecule has 4 N–H and O–H groups in total. The molecule has 0 atom stereocenters. The average molecular weight is 402 g/mol. The SMILES string of the molecule is I.NC(=NCC(=O)NCC(F)(F)F)Nc1ccccc1. The third-order valence-corrected chi connectivity index (χ3v) is 1.93. The minimum atomic E-state index is -4.44. The molecule has 20 heavy (non-hydrogen) atoms. The summed E-state index contributed by atoms with van der Waals surface area (Å²) < 4.78 is 35.4. The molecule has 0 saturated carbocycles. The molecule has 112 valence electrons. The molecule has 0 heterocycles. The molecule has 5 nitrogen and oxygen atoms in total. The van der Waals surface area contributed by atoms with Crippen LogP contribution < -0.4 is 16.4 Å². The van der Waals surface area contributed by atoms with Gasteiger partial charge >= 0.3 is 6.18 Å². The largest absolute Gasteiger partial charge is 0.405 e. The van der Waals surface area contributed by atoms with E-state index in [1.54, 1.807) is 29.6 Å². The summed E-state index contributed by atoms with van der Waals surface area (Å²) in [4.78, 5) is 14.7. The van der Waals surface area contributed by atoms with Crippen LogP contribution in [0.25, 0.3) is 0 Å². The zero-order chi connectivity index (χ0) is 14.3. The molecule has 1 amide bonds. The highest BCUT2D eigenvalue weighted by atomic mass is 127. The summed E-state index contributed by atoms with van der Waals surface area (Å²) in [5, 5.41) is 4.38. The number of nitrogens with two attached hydrogens (primary N) is 1. The number of halogens is 4. The molecule has 0 fully saturated rings.